The first kappa shape index (κ1) is 31.3. The fourth-order valence-electron chi connectivity index (χ4n) is 7.95. The lowest BCUT2D eigenvalue weighted by atomic mass is 9.80. The maximum absolute atomic E-state index is 14.5. The van der Waals surface area contributed by atoms with E-state index in [4.69, 9.17) is 0 Å². The van der Waals surface area contributed by atoms with Gasteiger partial charge in [0.25, 0.3) is 6.43 Å². The number of fused-ring (bicyclic) bond motifs is 2. The second kappa shape index (κ2) is 12.1. The summed E-state index contributed by atoms with van der Waals surface area (Å²) in [5.41, 5.74) is 15.2. The predicted molar refractivity (Wildman–Crippen MR) is 180 cm³/mol. The summed E-state index contributed by atoms with van der Waals surface area (Å²) in [5, 5.41) is 4.24. The van der Waals surface area contributed by atoms with Crippen LogP contribution in [0.25, 0.3) is 16.7 Å². The predicted octanol–water partition coefficient (Wildman–Crippen LogP) is 10.6. The minimum atomic E-state index is -2.58. The summed E-state index contributed by atoms with van der Waals surface area (Å²) < 4.78 is 30.6. The molecule has 1 aliphatic heterocycles. The van der Waals surface area contributed by atoms with Gasteiger partial charge in [-0.15, -0.1) is 5.54 Å². The van der Waals surface area contributed by atoms with Crippen LogP contribution in [-0.2, 0) is 13.5 Å². The monoisotopic (exact) mass is 599 g/mol. The number of allylic oxidation sites excluding steroid dienone is 2. The van der Waals surface area contributed by atoms with Crippen molar-refractivity contribution in [3.8, 4) is 22.6 Å². The molecular formula is C37H47F2N3Si. The van der Waals surface area contributed by atoms with Gasteiger partial charge in [-0.3, -0.25) is 4.68 Å². The first-order chi connectivity index (χ1) is 20.3. The normalized spacial score (nSPS) is 17.1. The maximum Gasteiger partial charge on any atom is 0.264 e. The van der Waals surface area contributed by atoms with E-state index in [2.05, 4.69) is 95.1 Å². The molecule has 43 heavy (non-hydrogen) atoms. The van der Waals surface area contributed by atoms with Crippen LogP contribution in [0.4, 0.5) is 20.2 Å². The van der Waals surface area contributed by atoms with E-state index < -0.39 is 14.5 Å². The number of hydrogen-bond acceptors (Lipinski definition) is 2. The summed E-state index contributed by atoms with van der Waals surface area (Å²) in [6.07, 6.45) is 3.75. The van der Waals surface area contributed by atoms with E-state index in [0.717, 1.165) is 48.3 Å². The van der Waals surface area contributed by atoms with Gasteiger partial charge in [0, 0.05) is 47.9 Å². The van der Waals surface area contributed by atoms with Crippen LogP contribution >= 0.6 is 0 Å². The van der Waals surface area contributed by atoms with E-state index in [9.17, 15) is 8.78 Å². The largest absolute Gasteiger partial charge is 0.341 e. The Kier molecular flexibility index (Phi) is 8.78. The highest BCUT2D eigenvalue weighted by atomic mass is 28.3. The van der Waals surface area contributed by atoms with Gasteiger partial charge in [-0.05, 0) is 95.2 Å². The Hall–Kier alpha value is -3.17. The molecule has 0 amide bonds. The zero-order valence-corrected chi connectivity index (χ0v) is 28.4. The van der Waals surface area contributed by atoms with Gasteiger partial charge >= 0.3 is 0 Å². The number of nitrogens with zero attached hydrogens (tertiary/aromatic N) is 3. The lowest BCUT2D eigenvalue weighted by Crippen LogP contribution is -2.43. The van der Waals surface area contributed by atoms with Gasteiger partial charge in [-0.2, -0.15) is 5.10 Å². The zero-order valence-electron chi connectivity index (χ0n) is 27.4. The van der Waals surface area contributed by atoms with Crippen molar-refractivity contribution in [1.82, 2.24) is 9.78 Å². The fourth-order valence-corrected chi connectivity index (χ4v) is 13.2. The molecule has 0 N–H and O–H groups in total. The number of aryl methyl sites for hydroxylation is 2. The van der Waals surface area contributed by atoms with Crippen molar-refractivity contribution < 1.29 is 8.78 Å². The summed E-state index contributed by atoms with van der Waals surface area (Å²) in [5.74, 6) is 4.21. The molecule has 1 atom stereocenters. The van der Waals surface area contributed by atoms with Crippen molar-refractivity contribution in [3.05, 3.63) is 70.6 Å². The highest BCUT2D eigenvalue weighted by Gasteiger charge is 2.42. The molecule has 0 fully saturated rings. The minimum Gasteiger partial charge on any atom is -0.341 e. The first-order valence-electron chi connectivity index (χ1n) is 15.9. The molecule has 228 valence electrons. The van der Waals surface area contributed by atoms with E-state index in [1.807, 2.05) is 19.3 Å². The average Bonchev–Trinajstić information content (AvgIpc) is 3.38. The molecule has 0 bridgehead atoms. The Morgan fingerprint density at radius 3 is 2.28 bits per heavy atom. The van der Waals surface area contributed by atoms with Crippen molar-refractivity contribution in [2.24, 2.45) is 7.05 Å². The van der Waals surface area contributed by atoms with Crippen molar-refractivity contribution >= 4 is 25.0 Å². The molecule has 0 saturated carbocycles. The van der Waals surface area contributed by atoms with Crippen LogP contribution in [0.2, 0.25) is 16.6 Å². The Balaban J connectivity index is 1.62. The third kappa shape index (κ3) is 5.62. The van der Waals surface area contributed by atoms with Crippen molar-refractivity contribution in [1.29, 1.82) is 0 Å². The molecular weight excluding hydrogens is 553 g/mol. The summed E-state index contributed by atoms with van der Waals surface area (Å²) in [4.78, 5) is 2.24. The van der Waals surface area contributed by atoms with E-state index in [0.29, 0.717) is 28.1 Å². The number of benzene rings is 2. The Morgan fingerprint density at radius 1 is 0.977 bits per heavy atom. The molecule has 2 aliphatic rings. The molecule has 1 aromatic heterocycles. The highest BCUT2D eigenvalue weighted by Crippen LogP contribution is 2.45. The van der Waals surface area contributed by atoms with Crippen molar-refractivity contribution in [2.45, 2.75) is 104 Å². The number of alkyl halides is 2. The molecule has 0 saturated heterocycles. The lowest BCUT2D eigenvalue weighted by Gasteiger charge is -2.38. The van der Waals surface area contributed by atoms with Gasteiger partial charge in [0.15, 0.2) is 0 Å². The Bertz CT molecular complexity index is 1580. The molecule has 5 rings (SSSR count). The smallest absolute Gasteiger partial charge is 0.264 e. The molecule has 0 spiro atoms. The van der Waals surface area contributed by atoms with Crippen LogP contribution in [0, 0.1) is 11.5 Å². The summed E-state index contributed by atoms with van der Waals surface area (Å²) in [6.45, 7) is 19.5. The number of hydrogen-bond donors (Lipinski definition) is 0. The molecule has 3 aromatic rings. The number of aromatic nitrogens is 2. The fraction of sp³-hybridized carbons (Fsp3) is 0.486. The van der Waals surface area contributed by atoms with E-state index >= 15 is 0 Å². The summed E-state index contributed by atoms with van der Waals surface area (Å²) in [6, 6.07) is 10.4. The standard InChI is InChI=1S/C37H47F2N3Si/c1-23(2)43(24(3)4,25(5)6)16-14-32-27(8)17-26(7)31-13-12-30(19-34(31)32)42-15-10-11-28-18-33(29-21-40-41(9)22-29)35(37(38)39)20-36(28)42/h12-13,18-26,37H,10-11,15,17H2,1-9H3. The van der Waals surface area contributed by atoms with Gasteiger partial charge in [0.2, 0.25) is 0 Å². The molecule has 0 radical (unpaired) electrons. The number of halogens is 2. The third-order valence-electron chi connectivity index (χ3n) is 10.1. The quantitative estimate of drug-likeness (QED) is 0.208. The molecule has 6 heteroatoms. The molecule has 1 unspecified atom stereocenters. The molecule has 2 heterocycles. The highest BCUT2D eigenvalue weighted by molar-refractivity contribution is 6.90. The number of rotatable bonds is 6. The van der Waals surface area contributed by atoms with Crippen LogP contribution in [-0.4, -0.2) is 24.4 Å². The SMILES string of the molecule is CC1=C(C#C[Si](C(C)C)(C(C)C)C(C)C)c2cc(N3CCCc4cc(-c5cnn(C)c5)c(C(F)F)cc43)ccc2C(C)C1. The second-order valence-electron chi connectivity index (χ2n) is 13.7. The molecule has 1 aliphatic carbocycles. The summed E-state index contributed by atoms with van der Waals surface area (Å²) >= 11 is 0. The van der Waals surface area contributed by atoms with Crippen molar-refractivity contribution in [3.63, 3.8) is 0 Å². The maximum atomic E-state index is 14.5. The van der Waals surface area contributed by atoms with Crippen LogP contribution in [0.15, 0.2) is 48.3 Å². The summed E-state index contributed by atoms with van der Waals surface area (Å²) in [7, 11) is -0.0908. The van der Waals surface area contributed by atoms with Gasteiger partial charge < -0.3 is 4.90 Å². The second-order valence-corrected chi connectivity index (χ2v) is 19.3. The Labute approximate surface area is 258 Å². The average molecular weight is 600 g/mol. The minimum absolute atomic E-state index is 0.0601. The molecule has 2 aromatic carbocycles. The number of anilines is 2. The van der Waals surface area contributed by atoms with Gasteiger partial charge in [0.1, 0.15) is 8.07 Å². The molecule has 3 nitrogen and oxygen atoms in total. The van der Waals surface area contributed by atoms with Crippen LogP contribution in [0.3, 0.4) is 0 Å². The topological polar surface area (TPSA) is 21.1 Å². The van der Waals surface area contributed by atoms with Gasteiger partial charge in [0.05, 0.1) is 6.20 Å². The van der Waals surface area contributed by atoms with Crippen LogP contribution in [0.5, 0.6) is 0 Å². The Morgan fingerprint density at radius 2 is 1.67 bits per heavy atom. The van der Waals surface area contributed by atoms with E-state index in [1.54, 1.807) is 16.9 Å². The van der Waals surface area contributed by atoms with Gasteiger partial charge in [-0.25, -0.2) is 8.78 Å². The van der Waals surface area contributed by atoms with E-state index in [-0.39, 0.29) is 5.56 Å². The van der Waals surface area contributed by atoms with Crippen molar-refractivity contribution in [2.75, 3.05) is 11.4 Å². The first-order valence-corrected chi connectivity index (χ1v) is 18.2. The van der Waals surface area contributed by atoms with E-state index in [1.165, 1.54) is 22.3 Å². The lowest BCUT2D eigenvalue weighted by molar-refractivity contribution is 0.152. The van der Waals surface area contributed by atoms with Crippen LogP contribution in [0.1, 0.15) is 103 Å². The van der Waals surface area contributed by atoms with Gasteiger partial charge in [-0.1, -0.05) is 66.0 Å². The zero-order chi connectivity index (χ0) is 31.2. The third-order valence-corrected chi connectivity index (χ3v) is 16.4. The van der Waals surface area contributed by atoms with Crippen LogP contribution < -0.4 is 4.90 Å².